The van der Waals surface area contributed by atoms with Crippen molar-refractivity contribution in [2.24, 2.45) is 0 Å². The molecule has 3 amide bonds. The number of halogens is 1. The summed E-state index contributed by atoms with van der Waals surface area (Å²) in [6, 6.07) is 19.0. The number of benzene rings is 3. The van der Waals surface area contributed by atoms with E-state index >= 15 is 0 Å². The Morgan fingerprint density at radius 2 is 1.43 bits per heavy atom. The number of amides is 3. The maximum absolute atomic E-state index is 12.8. The Morgan fingerprint density at radius 3 is 2.04 bits per heavy atom. The first kappa shape index (κ1) is 18.1. The molecule has 3 aromatic rings. The van der Waals surface area contributed by atoms with E-state index in [9.17, 15) is 14.7 Å². The van der Waals surface area contributed by atoms with Crippen molar-refractivity contribution in [3.05, 3.63) is 82.8 Å². The van der Waals surface area contributed by atoms with Gasteiger partial charge in [-0.05, 0) is 66.2 Å². The van der Waals surface area contributed by atoms with Crippen LogP contribution in [-0.4, -0.2) is 17.0 Å². The fourth-order valence-electron chi connectivity index (χ4n) is 2.92. The minimum atomic E-state index is -0.785. The van der Waals surface area contributed by atoms with Crippen molar-refractivity contribution < 1.29 is 19.4 Å². The van der Waals surface area contributed by atoms with E-state index in [1.165, 1.54) is 12.1 Å². The van der Waals surface area contributed by atoms with Crippen molar-refractivity contribution in [3.8, 4) is 17.2 Å². The summed E-state index contributed by atoms with van der Waals surface area (Å²) in [4.78, 5) is 26.2. The van der Waals surface area contributed by atoms with Crippen molar-refractivity contribution in [2.45, 2.75) is 6.04 Å². The third-order valence-corrected chi connectivity index (χ3v) is 4.84. The van der Waals surface area contributed by atoms with E-state index < -0.39 is 12.1 Å². The number of nitrogens with one attached hydrogen (secondary N) is 1. The standard InChI is InChI=1S/C21H15BrN2O4/c22-14-3-9-17(10-4-14)28-18-11-5-15(6-12-18)24-20(26)19(23-21(24)27)13-1-7-16(25)8-2-13/h1-12,19,25H,(H,23,27). The van der Waals surface area contributed by atoms with Crippen molar-refractivity contribution >= 4 is 33.6 Å². The van der Waals surface area contributed by atoms with Gasteiger partial charge in [-0.15, -0.1) is 0 Å². The van der Waals surface area contributed by atoms with E-state index in [-0.39, 0.29) is 11.7 Å². The molecule has 1 heterocycles. The van der Waals surface area contributed by atoms with Gasteiger partial charge >= 0.3 is 6.03 Å². The molecular weight excluding hydrogens is 424 g/mol. The lowest BCUT2D eigenvalue weighted by Crippen LogP contribution is -2.30. The molecule has 4 rings (SSSR count). The number of phenolic OH excluding ortho intramolecular Hbond substituents is 1. The lowest BCUT2D eigenvalue weighted by Gasteiger charge is -2.14. The average molecular weight is 439 g/mol. The predicted octanol–water partition coefficient (Wildman–Crippen LogP) is 4.74. The molecule has 0 spiro atoms. The number of urea groups is 1. The Kier molecular flexibility index (Phi) is 4.75. The molecule has 0 aliphatic carbocycles. The van der Waals surface area contributed by atoms with Crippen LogP contribution in [0.3, 0.4) is 0 Å². The molecular formula is C21H15BrN2O4. The topological polar surface area (TPSA) is 78.9 Å². The summed E-state index contributed by atoms with van der Waals surface area (Å²) < 4.78 is 6.71. The normalized spacial score (nSPS) is 16.2. The van der Waals surface area contributed by atoms with E-state index in [2.05, 4.69) is 21.2 Å². The van der Waals surface area contributed by atoms with Gasteiger partial charge in [0.1, 0.15) is 23.3 Å². The van der Waals surface area contributed by atoms with Crippen LogP contribution in [0.2, 0.25) is 0 Å². The molecule has 1 fully saturated rings. The van der Waals surface area contributed by atoms with Gasteiger partial charge in [0, 0.05) is 4.47 Å². The third kappa shape index (κ3) is 3.57. The molecule has 0 radical (unpaired) electrons. The quantitative estimate of drug-likeness (QED) is 0.576. The van der Waals surface area contributed by atoms with Gasteiger partial charge in [0.05, 0.1) is 5.69 Å². The number of nitrogens with zero attached hydrogens (tertiary/aromatic N) is 1. The Labute approximate surface area is 169 Å². The zero-order chi connectivity index (χ0) is 19.7. The van der Waals surface area contributed by atoms with Crippen LogP contribution in [-0.2, 0) is 4.79 Å². The lowest BCUT2D eigenvalue weighted by molar-refractivity contribution is -0.118. The summed E-state index contributed by atoms with van der Waals surface area (Å²) in [5.74, 6) is 0.988. The minimum absolute atomic E-state index is 0.0961. The van der Waals surface area contributed by atoms with Crippen molar-refractivity contribution in [3.63, 3.8) is 0 Å². The molecule has 0 aromatic heterocycles. The molecule has 1 aliphatic heterocycles. The second kappa shape index (κ2) is 7.36. The van der Waals surface area contributed by atoms with E-state index in [1.807, 2.05) is 24.3 Å². The van der Waals surface area contributed by atoms with Gasteiger partial charge in [-0.25, -0.2) is 9.69 Å². The molecule has 1 saturated heterocycles. The first-order valence-corrected chi connectivity index (χ1v) is 9.27. The number of aromatic hydroxyl groups is 1. The summed E-state index contributed by atoms with van der Waals surface area (Å²) >= 11 is 3.37. The van der Waals surface area contributed by atoms with Crippen molar-refractivity contribution in [1.82, 2.24) is 5.32 Å². The fourth-order valence-corrected chi connectivity index (χ4v) is 3.18. The van der Waals surface area contributed by atoms with E-state index in [0.717, 1.165) is 9.37 Å². The van der Waals surface area contributed by atoms with Gasteiger partial charge < -0.3 is 15.2 Å². The number of imide groups is 1. The Hall–Kier alpha value is -3.32. The van der Waals surface area contributed by atoms with E-state index in [4.69, 9.17) is 4.74 Å². The van der Waals surface area contributed by atoms with Gasteiger partial charge in [0.2, 0.25) is 0 Å². The second-order valence-electron chi connectivity index (χ2n) is 6.20. The molecule has 0 bridgehead atoms. The highest BCUT2D eigenvalue weighted by Gasteiger charge is 2.39. The number of carbonyl (C=O) groups is 2. The SMILES string of the molecule is O=C1NC(c2ccc(O)cc2)C(=O)N1c1ccc(Oc2ccc(Br)cc2)cc1. The number of rotatable bonds is 4. The van der Waals surface area contributed by atoms with Crippen molar-refractivity contribution in [2.75, 3.05) is 4.90 Å². The van der Waals surface area contributed by atoms with Crippen LogP contribution >= 0.6 is 15.9 Å². The minimum Gasteiger partial charge on any atom is -0.508 e. The lowest BCUT2D eigenvalue weighted by atomic mass is 10.1. The highest BCUT2D eigenvalue weighted by Crippen LogP contribution is 2.30. The summed E-state index contributed by atoms with van der Waals surface area (Å²) in [5.41, 5.74) is 1.06. The Balaban J connectivity index is 1.52. The summed E-state index contributed by atoms with van der Waals surface area (Å²) in [6.45, 7) is 0. The summed E-state index contributed by atoms with van der Waals surface area (Å²) in [7, 11) is 0. The predicted molar refractivity (Wildman–Crippen MR) is 108 cm³/mol. The van der Waals surface area contributed by atoms with Crippen LogP contribution in [0.15, 0.2) is 77.3 Å². The largest absolute Gasteiger partial charge is 0.508 e. The summed E-state index contributed by atoms with van der Waals surface area (Å²) in [6.07, 6.45) is 0. The fraction of sp³-hybridized carbons (Fsp3) is 0.0476. The number of hydrogen-bond acceptors (Lipinski definition) is 4. The van der Waals surface area contributed by atoms with Crippen LogP contribution in [0.4, 0.5) is 10.5 Å². The van der Waals surface area contributed by atoms with Gasteiger partial charge in [0.15, 0.2) is 0 Å². The summed E-state index contributed by atoms with van der Waals surface area (Å²) in [5, 5.41) is 12.1. The van der Waals surface area contributed by atoms with E-state index in [0.29, 0.717) is 22.7 Å². The molecule has 7 heteroatoms. The number of hydrogen-bond donors (Lipinski definition) is 2. The number of phenols is 1. The van der Waals surface area contributed by atoms with Crippen molar-refractivity contribution in [1.29, 1.82) is 0 Å². The van der Waals surface area contributed by atoms with Gasteiger partial charge in [-0.2, -0.15) is 0 Å². The number of ether oxygens (including phenoxy) is 1. The van der Waals surface area contributed by atoms with Gasteiger partial charge in [0.25, 0.3) is 5.91 Å². The zero-order valence-electron chi connectivity index (χ0n) is 14.5. The Morgan fingerprint density at radius 1 is 0.857 bits per heavy atom. The second-order valence-corrected chi connectivity index (χ2v) is 7.11. The average Bonchev–Trinajstić information content (AvgIpc) is 2.99. The monoisotopic (exact) mass is 438 g/mol. The molecule has 2 N–H and O–H groups in total. The molecule has 6 nitrogen and oxygen atoms in total. The smallest absolute Gasteiger partial charge is 0.329 e. The van der Waals surface area contributed by atoms with Crippen LogP contribution in [0, 0.1) is 0 Å². The van der Waals surface area contributed by atoms with Gasteiger partial charge in [-0.3, -0.25) is 4.79 Å². The molecule has 1 aliphatic rings. The molecule has 28 heavy (non-hydrogen) atoms. The first-order chi connectivity index (χ1) is 13.5. The molecule has 3 aromatic carbocycles. The highest BCUT2D eigenvalue weighted by molar-refractivity contribution is 9.10. The molecule has 1 unspecified atom stereocenters. The van der Waals surface area contributed by atoms with Crippen LogP contribution in [0.25, 0.3) is 0 Å². The maximum Gasteiger partial charge on any atom is 0.329 e. The van der Waals surface area contributed by atoms with Crippen LogP contribution in [0.5, 0.6) is 17.2 Å². The number of anilines is 1. The zero-order valence-corrected chi connectivity index (χ0v) is 16.1. The third-order valence-electron chi connectivity index (χ3n) is 4.31. The van der Waals surface area contributed by atoms with Crippen LogP contribution in [0.1, 0.15) is 11.6 Å². The number of carbonyl (C=O) groups excluding carboxylic acids is 2. The maximum atomic E-state index is 12.8. The molecule has 0 saturated carbocycles. The van der Waals surface area contributed by atoms with Crippen LogP contribution < -0.4 is 15.0 Å². The van der Waals surface area contributed by atoms with E-state index in [1.54, 1.807) is 36.4 Å². The first-order valence-electron chi connectivity index (χ1n) is 8.48. The molecule has 1 atom stereocenters. The highest BCUT2D eigenvalue weighted by atomic mass is 79.9. The van der Waals surface area contributed by atoms with Gasteiger partial charge in [-0.1, -0.05) is 28.1 Å². The molecule has 140 valence electrons. The Bertz CT molecular complexity index is 1020.